The molecule has 0 saturated heterocycles. The molecule has 0 spiro atoms. The van der Waals surface area contributed by atoms with Crippen LogP contribution < -0.4 is 0 Å². The summed E-state index contributed by atoms with van der Waals surface area (Å²) in [6, 6.07) is 3.78. The molecule has 0 aliphatic carbocycles. The third-order valence-electron chi connectivity index (χ3n) is 1.26. The fourth-order valence-corrected chi connectivity index (χ4v) is 1.36. The molecule has 0 bridgehead atoms. The van der Waals surface area contributed by atoms with E-state index in [4.69, 9.17) is 0 Å². The van der Waals surface area contributed by atoms with Crippen molar-refractivity contribution in [1.82, 2.24) is 15.2 Å². The molecular formula is C7H5N3S. The Kier molecular flexibility index (Phi) is 1.61. The first-order valence-corrected chi connectivity index (χ1v) is 4.01. The van der Waals surface area contributed by atoms with E-state index in [1.807, 2.05) is 12.1 Å². The van der Waals surface area contributed by atoms with E-state index in [-0.39, 0.29) is 0 Å². The fraction of sp³-hybridized carbons (Fsp3) is 0. The van der Waals surface area contributed by atoms with Crippen LogP contribution in [-0.4, -0.2) is 15.2 Å². The van der Waals surface area contributed by atoms with Gasteiger partial charge in [-0.25, -0.2) is 0 Å². The molecule has 0 atom stereocenters. The van der Waals surface area contributed by atoms with Crippen LogP contribution in [0.4, 0.5) is 0 Å². The topological polar surface area (TPSA) is 38.7 Å². The van der Waals surface area contributed by atoms with Gasteiger partial charge in [-0.2, -0.15) is 5.10 Å². The van der Waals surface area contributed by atoms with E-state index in [0.29, 0.717) is 0 Å². The maximum Gasteiger partial charge on any atom is 0.105 e. The van der Waals surface area contributed by atoms with Crippen LogP contribution in [0.15, 0.2) is 30.0 Å². The molecule has 54 valence electrons. The van der Waals surface area contributed by atoms with Crippen LogP contribution in [0.5, 0.6) is 0 Å². The van der Waals surface area contributed by atoms with Gasteiger partial charge in [-0.3, -0.25) is 4.98 Å². The molecule has 0 fully saturated rings. The van der Waals surface area contributed by atoms with Crippen molar-refractivity contribution < 1.29 is 0 Å². The molecule has 0 aromatic carbocycles. The molecule has 11 heavy (non-hydrogen) atoms. The summed E-state index contributed by atoms with van der Waals surface area (Å²) in [5.41, 5.74) is 2.67. The van der Waals surface area contributed by atoms with Gasteiger partial charge in [0.25, 0.3) is 0 Å². The molecule has 2 aromatic heterocycles. The molecule has 2 aromatic rings. The van der Waals surface area contributed by atoms with Gasteiger partial charge in [0.2, 0.25) is 0 Å². The Morgan fingerprint density at radius 2 is 2.36 bits per heavy atom. The van der Waals surface area contributed by atoms with E-state index in [0.717, 1.165) is 10.6 Å². The Bertz CT molecular complexity index is 317. The number of thiazole rings is 1. The van der Waals surface area contributed by atoms with Gasteiger partial charge in [-0.15, -0.1) is 16.4 Å². The third-order valence-corrected chi connectivity index (χ3v) is 2.05. The summed E-state index contributed by atoms with van der Waals surface area (Å²) in [6.07, 6.45) is 3.44. The average Bonchev–Trinajstić information content (AvgIpc) is 2.58. The lowest BCUT2D eigenvalue weighted by Gasteiger charge is -1.89. The van der Waals surface area contributed by atoms with Crippen molar-refractivity contribution in [3.8, 4) is 10.6 Å². The predicted octanol–water partition coefficient (Wildman–Crippen LogP) is 1.60. The van der Waals surface area contributed by atoms with E-state index in [1.54, 1.807) is 29.2 Å². The molecule has 2 heterocycles. The molecule has 0 amide bonds. The van der Waals surface area contributed by atoms with E-state index in [9.17, 15) is 0 Å². The van der Waals surface area contributed by atoms with E-state index < -0.39 is 0 Å². The summed E-state index contributed by atoms with van der Waals surface area (Å²) in [5, 5.41) is 7.71. The molecule has 2 rings (SSSR count). The van der Waals surface area contributed by atoms with E-state index >= 15 is 0 Å². The lowest BCUT2D eigenvalue weighted by molar-refractivity contribution is 1.04. The fourth-order valence-electron chi connectivity index (χ4n) is 0.775. The Labute approximate surface area is 67.8 Å². The second-order valence-corrected chi connectivity index (χ2v) is 2.86. The van der Waals surface area contributed by atoms with Gasteiger partial charge in [0.05, 0.1) is 10.4 Å². The first-order valence-electron chi connectivity index (χ1n) is 3.13. The summed E-state index contributed by atoms with van der Waals surface area (Å²) < 4.78 is 0. The van der Waals surface area contributed by atoms with Gasteiger partial charge in [0.1, 0.15) is 5.69 Å². The highest BCUT2D eigenvalue weighted by Crippen LogP contribution is 2.18. The van der Waals surface area contributed by atoms with Crippen molar-refractivity contribution in [2.75, 3.05) is 0 Å². The standard InChI is InChI=1S/C7H5N3S/c1-2-6(10-9-3-1)7-4-8-5-11-7/h1-5H. The van der Waals surface area contributed by atoms with E-state index in [2.05, 4.69) is 15.2 Å². The Hall–Kier alpha value is -1.29. The normalized spacial score (nSPS) is 9.82. The minimum atomic E-state index is 0.884. The van der Waals surface area contributed by atoms with Gasteiger partial charge in [0, 0.05) is 12.4 Å². The minimum Gasteiger partial charge on any atom is -0.252 e. The quantitative estimate of drug-likeness (QED) is 0.641. The van der Waals surface area contributed by atoms with Gasteiger partial charge in [0.15, 0.2) is 0 Å². The number of hydrogen-bond donors (Lipinski definition) is 0. The minimum absolute atomic E-state index is 0.884. The average molecular weight is 163 g/mol. The molecular weight excluding hydrogens is 158 g/mol. The molecule has 0 aliphatic heterocycles. The second kappa shape index (κ2) is 2.75. The third kappa shape index (κ3) is 1.25. The van der Waals surface area contributed by atoms with Crippen LogP contribution in [0.2, 0.25) is 0 Å². The largest absolute Gasteiger partial charge is 0.252 e. The second-order valence-electron chi connectivity index (χ2n) is 1.97. The number of nitrogens with zero attached hydrogens (tertiary/aromatic N) is 3. The molecule has 0 radical (unpaired) electrons. The predicted molar refractivity (Wildman–Crippen MR) is 43.1 cm³/mol. The molecule has 0 N–H and O–H groups in total. The summed E-state index contributed by atoms with van der Waals surface area (Å²) in [6.45, 7) is 0. The highest BCUT2D eigenvalue weighted by atomic mass is 32.1. The molecule has 0 saturated carbocycles. The van der Waals surface area contributed by atoms with Gasteiger partial charge in [-0.05, 0) is 12.1 Å². The number of rotatable bonds is 1. The maximum atomic E-state index is 3.95. The molecule has 0 unspecified atom stereocenters. The Morgan fingerprint density at radius 3 is 3.00 bits per heavy atom. The SMILES string of the molecule is c1cnnc(-c2cncs2)c1. The van der Waals surface area contributed by atoms with Crippen molar-refractivity contribution in [2.24, 2.45) is 0 Å². The molecule has 3 nitrogen and oxygen atoms in total. The Balaban J connectivity index is 2.46. The van der Waals surface area contributed by atoms with Crippen LogP contribution in [0.3, 0.4) is 0 Å². The van der Waals surface area contributed by atoms with Crippen LogP contribution >= 0.6 is 11.3 Å². The zero-order valence-electron chi connectivity index (χ0n) is 5.64. The monoisotopic (exact) mass is 163 g/mol. The highest BCUT2D eigenvalue weighted by molar-refractivity contribution is 7.13. The van der Waals surface area contributed by atoms with Crippen molar-refractivity contribution in [3.05, 3.63) is 30.0 Å². The first kappa shape index (κ1) is 6.42. The van der Waals surface area contributed by atoms with Crippen LogP contribution in [0.1, 0.15) is 0 Å². The zero-order valence-corrected chi connectivity index (χ0v) is 6.45. The summed E-state index contributed by atoms with van der Waals surface area (Å²) >= 11 is 1.56. The summed E-state index contributed by atoms with van der Waals surface area (Å²) in [7, 11) is 0. The molecule has 0 aliphatic rings. The first-order chi connectivity index (χ1) is 5.47. The van der Waals surface area contributed by atoms with Crippen LogP contribution in [0.25, 0.3) is 10.6 Å². The lowest BCUT2D eigenvalue weighted by Crippen LogP contribution is -1.81. The van der Waals surface area contributed by atoms with E-state index in [1.165, 1.54) is 0 Å². The summed E-state index contributed by atoms with van der Waals surface area (Å²) in [5.74, 6) is 0. The maximum absolute atomic E-state index is 3.95. The van der Waals surface area contributed by atoms with Gasteiger partial charge in [-0.1, -0.05) is 0 Å². The number of hydrogen-bond acceptors (Lipinski definition) is 4. The summed E-state index contributed by atoms with van der Waals surface area (Å²) in [4.78, 5) is 5.00. The lowest BCUT2D eigenvalue weighted by atomic mass is 10.3. The smallest absolute Gasteiger partial charge is 0.105 e. The zero-order chi connectivity index (χ0) is 7.52. The van der Waals surface area contributed by atoms with Crippen molar-refractivity contribution in [2.45, 2.75) is 0 Å². The van der Waals surface area contributed by atoms with Crippen molar-refractivity contribution >= 4 is 11.3 Å². The highest BCUT2D eigenvalue weighted by Gasteiger charge is 1.98. The van der Waals surface area contributed by atoms with Crippen LogP contribution in [0, 0.1) is 0 Å². The van der Waals surface area contributed by atoms with Crippen molar-refractivity contribution in [3.63, 3.8) is 0 Å². The number of aromatic nitrogens is 3. The molecule has 4 heteroatoms. The van der Waals surface area contributed by atoms with Crippen LogP contribution in [-0.2, 0) is 0 Å². The van der Waals surface area contributed by atoms with Gasteiger partial charge >= 0.3 is 0 Å². The Morgan fingerprint density at radius 1 is 1.36 bits per heavy atom. The van der Waals surface area contributed by atoms with Gasteiger partial charge < -0.3 is 0 Å². The van der Waals surface area contributed by atoms with Crippen molar-refractivity contribution in [1.29, 1.82) is 0 Å².